The van der Waals surface area contributed by atoms with Crippen molar-refractivity contribution >= 4 is 11.6 Å². The van der Waals surface area contributed by atoms with Crippen molar-refractivity contribution in [3.8, 4) is 0 Å². The molecule has 0 spiro atoms. The number of hydrogen-bond donors (Lipinski definition) is 0. The van der Waals surface area contributed by atoms with Crippen LogP contribution in [0.3, 0.4) is 0 Å². The molecule has 1 aromatic heterocycles. The molecule has 0 amide bonds. The second-order valence-corrected chi connectivity index (χ2v) is 11.4. The molecular weight excluding hydrogens is 446 g/mol. The molecule has 0 saturated heterocycles. The molecule has 1 nitrogen and oxygen atoms in total. The molecule has 35 heavy (non-hydrogen) atoms. The second kappa shape index (κ2) is 26.5. The largest absolute Gasteiger partial charge is 0.260 e. The number of hydrogen-bond acceptors (Lipinski definition) is 1. The third kappa shape index (κ3) is 22.4. The minimum absolute atomic E-state index is 0.826. The number of rotatable bonds is 27. The fourth-order valence-electron chi connectivity index (χ4n) is 5.21. The van der Waals surface area contributed by atoms with Gasteiger partial charge in [-0.05, 0) is 25.0 Å². The van der Waals surface area contributed by atoms with Crippen LogP contribution >= 0.6 is 11.6 Å². The van der Waals surface area contributed by atoms with Gasteiger partial charge in [0, 0.05) is 6.20 Å². The Labute approximate surface area is 225 Å². The van der Waals surface area contributed by atoms with Crippen LogP contribution in [0.1, 0.15) is 180 Å². The molecule has 2 heteroatoms. The summed E-state index contributed by atoms with van der Waals surface area (Å²) < 4.78 is 0. The molecule has 0 radical (unpaired) electrons. The van der Waals surface area contributed by atoms with E-state index in [1.165, 1.54) is 167 Å². The maximum Gasteiger partial charge on any atom is 0.0621 e. The molecule has 0 atom stereocenters. The lowest BCUT2D eigenvalue weighted by Gasteiger charge is -2.05. The first kappa shape index (κ1) is 32.5. The van der Waals surface area contributed by atoms with Gasteiger partial charge in [-0.3, -0.25) is 4.98 Å². The molecule has 0 N–H and O–H groups in total. The smallest absolute Gasteiger partial charge is 0.0621 e. The van der Waals surface area contributed by atoms with Crippen LogP contribution in [0.2, 0.25) is 5.02 Å². The van der Waals surface area contributed by atoms with Crippen molar-refractivity contribution in [3.63, 3.8) is 0 Å². The third-order valence-electron chi connectivity index (χ3n) is 7.60. The van der Waals surface area contributed by atoms with Gasteiger partial charge >= 0.3 is 0 Å². The van der Waals surface area contributed by atoms with Gasteiger partial charge in [-0.15, -0.1) is 0 Å². The quantitative estimate of drug-likeness (QED) is 0.108. The Morgan fingerprint density at radius 3 is 1.11 bits per heavy atom. The molecule has 0 aliphatic heterocycles. The molecule has 1 aromatic rings. The first-order valence-corrected chi connectivity index (χ1v) is 16.3. The van der Waals surface area contributed by atoms with Crippen LogP contribution in [-0.2, 0) is 6.42 Å². The summed E-state index contributed by atoms with van der Waals surface area (Å²) in [4.78, 5) is 4.38. The standard InChI is InChI=1S/C33H60ClN/c1-2-3-4-5-6-7-8-9-10-11-12-13-14-15-16-17-18-19-20-21-22-23-24-25-26-27-30-33-32(34)29-28-31-35-33/h28-29,31H,2-27,30H2,1H3. The number of aromatic nitrogens is 1. The van der Waals surface area contributed by atoms with Crippen molar-refractivity contribution in [2.24, 2.45) is 0 Å². The average Bonchev–Trinajstić information content (AvgIpc) is 2.87. The number of aryl methyl sites for hydroxylation is 1. The van der Waals surface area contributed by atoms with E-state index in [0.717, 1.165) is 17.1 Å². The topological polar surface area (TPSA) is 12.9 Å². The van der Waals surface area contributed by atoms with Crippen LogP contribution in [0.4, 0.5) is 0 Å². The summed E-state index contributed by atoms with van der Waals surface area (Å²) >= 11 is 6.17. The Morgan fingerprint density at radius 2 is 0.800 bits per heavy atom. The lowest BCUT2D eigenvalue weighted by atomic mass is 10.0. The molecule has 0 unspecified atom stereocenters. The van der Waals surface area contributed by atoms with Crippen molar-refractivity contribution in [1.82, 2.24) is 4.98 Å². The molecule has 204 valence electrons. The van der Waals surface area contributed by atoms with E-state index < -0.39 is 0 Å². The van der Waals surface area contributed by atoms with Gasteiger partial charge in [0.1, 0.15) is 0 Å². The van der Waals surface area contributed by atoms with Crippen molar-refractivity contribution < 1.29 is 0 Å². The number of nitrogens with zero attached hydrogens (tertiary/aromatic N) is 1. The first-order valence-electron chi connectivity index (χ1n) is 15.9. The summed E-state index contributed by atoms with van der Waals surface area (Å²) in [6, 6.07) is 3.86. The monoisotopic (exact) mass is 505 g/mol. The maximum absolute atomic E-state index is 6.17. The summed E-state index contributed by atoms with van der Waals surface area (Å²) in [5.41, 5.74) is 1.07. The highest BCUT2D eigenvalue weighted by atomic mass is 35.5. The molecular formula is C33H60ClN. The van der Waals surface area contributed by atoms with Gasteiger partial charge in [-0.2, -0.15) is 0 Å². The molecule has 0 saturated carbocycles. The summed E-state index contributed by atoms with van der Waals surface area (Å²) in [5.74, 6) is 0. The molecule has 0 aliphatic carbocycles. The highest BCUT2D eigenvalue weighted by Gasteiger charge is 2.00. The summed E-state index contributed by atoms with van der Waals surface area (Å²) in [6.07, 6.45) is 40.3. The SMILES string of the molecule is CCCCCCCCCCCCCCCCCCCCCCCCCCCCc1ncccc1Cl. The lowest BCUT2D eigenvalue weighted by Crippen LogP contribution is -1.91. The van der Waals surface area contributed by atoms with Gasteiger partial charge in [0.2, 0.25) is 0 Å². The van der Waals surface area contributed by atoms with Crippen molar-refractivity contribution in [2.75, 3.05) is 0 Å². The zero-order chi connectivity index (χ0) is 25.1. The van der Waals surface area contributed by atoms with Gasteiger partial charge in [0.25, 0.3) is 0 Å². The maximum atomic E-state index is 6.17. The second-order valence-electron chi connectivity index (χ2n) is 11.0. The van der Waals surface area contributed by atoms with Crippen molar-refractivity contribution in [2.45, 2.75) is 180 Å². The molecule has 0 aliphatic rings. The molecule has 1 heterocycles. The van der Waals surface area contributed by atoms with Gasteiger partial charge in [-0.25, -0.2) is 0 Å². The molecule has 0 bridgehead atoms. The number of halogens is 1. The summed E-state index contributed by atoms with van der Waals surface area (Å²) in [6.45, 7) is 2.30. The Balaban J connectivity index is 1.66. The molecule has 0 fully saturated rings. The minimum atomic E-state index is 0.826. The molecule has 1 rings (SSSR count). The van der Waals surface area contributed by atoms with Crippen LogP contribution in [0, 0.1) is 0 Å². The minimum Gasteiger partial charge on any atom is -0.260 e. The number of pyridine rings is 1. The van der Waals surface area contributed by atoms with Crippen LogP contribution in [0.5, 0.6) is 0 Å². The first-order chi connectivity index (χ1) is 17.3. The zero-order valence-corrected chi connectivity index (χ0v) is 24.4. The fraction of sp³-hybridized carbons (Fsp3) is 0.848. The zero-order valence-electron chi connectivity index (χ0n) is 23.6. The number of unbranched alkanes of at least 4 members (excludes halogenated alkanes) is 25. The Bertz CT molecular complexity index is 544. The Morgan fingerprint density at radius 1 is 0.486 bits per heavy atom. The third-order valence-corrected chi connectivity index (χ3v) is 7.95. The van der Waals surface area contributed by atoms with Crippen molar-refractivity contribution in [3.05, 3.63) is 29.0 Å². The average molecular weight is 506 g/mol. The highest BCUT2D eigenvalue weighted by Crippen LogP contribution is 2.17. The Kier molecular flexibility index (Phi) is 24.6. The fourth-order valence-corrected chi connectivity index (χ4v) is 5.43. The van der Waals surface area contributed by atoms with E-state index in [0.29, 0.717) is 0 Å². The lowest BCUT2D eigenvalue weighted by molar-refractivity contribution is 0.515. The normalized spacial score (nSPS) is 11.4. The van der Waals surface area contributed by atoms with E-state index in [4.69, 9.17) is 11.6 Å². The van der Waals surface area contributed by atoms with E-state index in [-0.39, 0.29) is 0 Å². The molecule has 0 aromatic carbocycles. The van der Waals surface area contributed by atoms with E-state index >= 15 is 0 Å². The van der Waals surface area contributed by atoms with E-state index in [1.54, 1.807) is 0 Å². The predicted octanol–water partition coefficient (Wildman–Crippen LogP) is 12.4. The van der Waals surface area contributed by atoms with Crippen LogP contribution < -0.4 is 0 Å². The van der Waals surface area contributed by atoms with Crippen LogP contribution in [0.25, 0.3) is 0 Å². The van der Waals surface area contributed by atoms with Gasteiger partial charge in [-0.1, -0.05) is 179 Å². The van der Waals surface area contributed by atoms with Gasteiger partial charge in [0.05, 0.1) is 10.7 Å². The van der Waals surface area contributed by atoms with Gasteiger partial charge < -0.3 is 0 Å². The summed E-state index contributed by atoms with van der Waals surface area (Å²) in [5, 5.41) is 0.826. The van der Waals surface area contributed by atoms with E-state index in [9.17, 15) is 0 Å². The van der Waals surface area contributed by atoms with Crippen LogP contribution in [-0.4, -0.2) is 4.98 Å². The van der Waals surface area contributed by atoms with E-state index in [2.05, 4.69) is 11.9 Å². The van der Waals surface area contributed by atoms with Gasteiger partial charge in [0.15, 0.2) is 0 Å². The van der Waals surface area contributed by atoms with E-state index in [1.807, 2.05) is 18.3 Å². The Hall–Kier alpha value is -0.560. The highest BCUT2D eigenvalue weighted by molar-refractivity contribution is 6.31. The summed E-state index contributed by atoms with van der Waals surface area (Å²) in [7, 11) is 0. The van der Waals surface area contributed by atoms with Crippen LogP contribution in [0.15, 0.2) is 18.3 Å². The predicted molar refractivity (Wildman–Crippen MR) is 159 cm³/mol. The van der Waals surface area contributed by atoms with Crippen molar-refractivity contribution in [1.29, 1.82) is 0 Å².